The smallest absolute Gasteiger partial charge is 0.271 e. The normalized spacial score (nSPS) is 22.4. The molecule has 1 aromatic carbocycles. The molecule has 0 amide bonds. The molecule has 0 saturated heterocycles. The van der Waals surface area contributed by atoms with Crippen LogP contribution in [-0.4, -0.2) is 17.1 Å². The van der Waals surface area contributed by atoms with E-state index in [4.69, 9.17) is 15.7 Å². The first kappa shape index (κ1) is 12.3. The summed E-state index contributed by atoms with van der Waals surface area (Å²) in [6.45, 7) is 0. The molecular weight excluding hydrogens is 234 g/mol. The fraction of sp³-hybridized carbons (Fsp3) is 0.417. The molecule has 0 spiro atoms. The Hall–Kier alpha value is -2.13. The van der Waals surface area contributed by atoms with Gasteiger partial charge in [-0.3, -0.25) is 10.1 Å². The van der Waals surface area contributed by atoms with Crippen molar-refractivity contribution in [1.29, 1.82) is 5.26 Å². The Balaban J connectivity index is 2.18. The van der Waals surface area contributed by atoms with Gasteiger partial charge < -0.3 is 10.5 Å². The summed E-state index contributed by atoms with van der Waals surface area (Å²) in [5.74, 6) is 0.391. The second-order valence-corrected chi connectivity index (χ2v) is 4.36. The van der Waals surface area contributed by atoms with Crippen molar-refractivity contribution < 1.29 is 9.66 Å². The van der Waals surface area contributed by atoms with E-state index in [2.05, 4.69) is 0 Å². The molecule has 1 fully saturated rings. The molecule has 0 aliphatic heterocycles. The SMILES string of the molecule is N#Cc1cc([N+](=O)[O-])ccc1OC1CCC(N)C1. The van der Waals surface area contributed by atoms with Gasteiger partial charge in [0.05, 0.1) is 4.92 Å². The molecule has 2 unspecified atom stereocenters. The molecule has 2 N–H and O–H groups in total. The predicted octanol–water partition coefficient (Wildman–Crippen LogP) is 1.73. The van der Waals surface area contributed by atoms with Crippen molar-refractivity contribution in [2.75, 3.05) is 0 Å². The Morgan fingerprint density at radius 1 is 1.50 bits per heavy atom. The van der Waals surface area contributed by atoms with Crippen molar-refractivity contribution in [2.24, 2.45) is 5.73 Å². The van der Waals surface area contributed by atoms with Crippen LogP contribution in [0.2, 0.25) is 0 Å². The zero-order valence-electron chi connectivity index (χ0n) is 9.70. The van der Waals surface area contributed by atoms with Gasteiger partial charge in [0.1, 0.15) is 23.5 Å². The maximum absolute atomic E-state index is 10.6. The van der Waals surface area contributed by atoms with Gasteiger partial charge in [0, 0.05) is 18.2 Å². The number of hydrogen-bond acceptors (Lipinski definition) is 5. The lowest BCUT2D eigenvalue weighted by Gasteiger charge is -2.14. The van der Waals surface area contributed by atoms with Gasteiger partial charge in [0.2, 0.25) is 0 Å². The number of rotatable bonds is 3. The van der Waals surface area contributed by atoms with Crippen LogP contribution < -0.4 is 10.5 Å². The van der Waals surface area contributed by atoms with Crippen LogP contribution in [0.4, 0.5) is 5.69 Å². The number of nitro benzene ring substituents is 1. The average Bonchev–Trinajstić information content (AvgIpc) is 2.75. The molecular formula is C12H13N3O3. The van der Waals surface area contributed by atoms with Gasteiger partial charge in [-0.2, -0.15) is 5.26 Å². The largest absolute Gasteiger partial charge is 0.489 e. The summed E-state index contributed by atoms with van der Waals surface area (Å²) in [5.41, 5.74) is 5.85. The van der Waals surface area contributed by atoms with E-state index in [1.165, 1.54) is 18.2 Å². The molecule has 18 heavy (non-hydrogen) atoms. The highest BCUT2D eigenvalue weighted by molar-refractivity contribution is 5.50. The minimum Gasteiger partial charge on any atom is -0.489 e. The first-order chi connectivity index (χ1) is 8.60. The Morgan fingerprint density at radius 2 is 2.28 bits per heavy atom. The fourth-order valence-corrected chi connectivity index (χ4v) is 2.08. The number of nitrogens with two attached hydrogens (primary N) is 1. The average molecular weight is 247 g/mol. The summed E-state index contributed by atoms with van der Waals surface area (Å²) in [6, 6.07) is 6.09. The summed E-state index contributed by atoms with van der Waals surface area (Å²) in [6.07, 6.45) is 2.50. The van der Waals surface area contributed by atoms with E-state index in [9.17, 15) is 10.1 Å². The zero-order valence-corrected chi connectivity index (χ0v) is 9.70. The van der Waals surface area contributed by atoms with Gasteiger partial charge in [-0.05, 0) is 25.3 Å². The maximum Gasteiger partial charge on any atom is 0.271 e. The Morgan fingerprint density at radius 3 is 2.83 bits per heavy atom. The van der Waals surface area contributed by atoms with Crippen molar-refractivity contribution in [2.45, 2.75) is 31.4 Å². The predicted molar refractivity (Wildman–Crippen MR) is 64.1 cm³/mol. The topological polar surface area (TPSA) is 102 Å². The molecule has 0 radical (unpaired) electrons. The summed E-state index contributed by atoms with van der Waals surface area (Å²) in [5, 5.41) is 19.6. The quantitative estimate of drug-likeness (QED) is 0.647. The molecule has 1 aliphatic carbocycles. The van der Waals surface area contributed by atoms with Gasteiger partial charge >= 0.3 is 0 Å². The van der Waals surface area contributed by atoms with Crippen LogP contribution in [-0.2, 0) is 0 Å². The van der Waals surface area contributed by atoms with Gasteiger partial charge in [0.25, 0.3) is 5.69 Å². The standard InChI is InChI=1S/C12H13N3O3/c13-7-8-5-10(15(16)17)2-4-12(8)18-11-3-1-9(14)6-11/h2,4-5,9,11H,1,3,6,14H2. The highest BCUT2D eigenvalue weighted by Crippen LogP contribution is 2.28. The number of non-ortho nitro benzene ring substituents is 1. The molecule has 6 heteroatoms. The van der Waals surface area contributed by atoms with Crippen molar-refractivity contribution in [1.82, 2.24) is 0 Å². The lowest BCUT2D eigenvalue weighted by Crippen LogP contribution is -2.19. The van der Waals surface area contributed by atoms with Crippen LogP contribution in [0, 0.1) is 21.4 Å². The number of nitriles is 1. The second-order valence-electron chi connectivity index (χ2n) is 4.36. The van der Waals surface area contributed by atoms with Gasteiger partial charge in [-0.15, -0.1) is 0 Å². The number of nitrogens with zero attached hydrogens (tertiary/aromatic N) is 2. The minimum atomic E-state index is -0.532. The monoisotopic (exact) mass is 247 g/mol. The Kier molecular flexibility index (Phi) is 3.44. The highest BCUT2D eigenvalue weighted by Gasteiger charge is 2.24. The molecule has 1 aromatic rings. The van der Waals surface area contributed by atoms with Gasteiger partial charge in [0.15, 0.2) is 0 Å². The Bertz CT molecular complexity index is 510. The van der Waals surface area contributed by atoms with Crippen molar-refractivity contribution in [3.63, 3.8) is 0 Å². The van der Waals surface area contributed by atoms with E-state index < -0.39 is 4.92 Å². The van der Waals surface area contributed by atoms with Crippen molar-refractivity contribution >= 4 is 5.69 Å². The molecule has 6 nitrogen and oxygen atoms in total. The van der Waals surface area contributed by atoms with E-state index in [-0.39, 0.29) is 23.4 Å². The number of ether oxygens (including phenoxy) is 1. The summed E-state index contributed by atoms with van der Waals surface area (Å²) < 4.78 is 5.68. The van der Waals surface area contributed by atoms with Crippen molar-refractivity contribution in [3.05, 3.63) is 33.9 Å². The fourth-order valence-electron chi connectivity index (χ4n) is 2.08. The van der Waals surface area contributed by atoms with E-state index in [1.807, 2.05) is 6.07 Å². The molecule has 1 saturated carbocycles. The molecule has 94 valence electrons. The van der Waals surface area contributed by atoms with E-state index in [0.29, 0.717) is 5.75 Å². The van der Waals surface area contributed by atoms with E-state index in [1.54, 1.807) is 0 Å². The van der Waals surface area contributed by atoms with Crippen LogP contribution in [0.3, 0.4) is 0 Å². The van der Waals surface area contributed by atoms with Crippen LogP contribution in [0.5, 0.6) is 5.75 Å². The van der Waals surface area contributed by atoms with Gasteiger partial charge in [-0.25, -0.2) is 0 Å². The van der Waals surface area contributed by atoms with Crippen LogP contribution in [0.25, 0.3) is 0 Å². The molecule has 1 aliphatic rings. The zero-order chi connectivity index (χ0) is 13.1. The van der Waals surface area contributed by atoms with Gasteiger partial charge in [-0.1, -0.05) is 0 Å². The number of hydrogen-bond donors (Lipinski definition) is 1. The Labute approximate surface area is 104 Å². The molecule has 0 bridgehead atoms. The third-order valence-corrected chi connectivity index (χ3v) is 3.01. The molecule has 2 atom stereocenters. The maximum atomic E-state index is 10.6. The van der Waals surface area contributed by atoms with Crippen molar-refractivity contribution in [3.8, 4) is 11.8 Å². The molecule has 0 heterocycles. The highest BCUT2D eigenvalue weighted by atomic mass is 16.6. The van der Waals surface area contributed by atoms with E-state index >= 15 is 0 Å². The molecule has 0 aromatic heterocycles. The first-order valence-electron chi connectivity index (χ1n) is 5.71. The number of benzene rings is 1. The first-order valence-corrected chi connectivity index (χ1v) is 5.71. The minimum absolute atomic E-state index is 0.00597. The van der Waals surface area contributed by atoms with E-state index in [0.717, 1.165) is 19.3 Å². The van der Waals surface area contributed by atoms with Crippen LogP contribution >= 0.6 is 0 Å². The summed E-state index contributed by atoms with van der Waals surface area (Å²) in [7, 11) is 0. The van der Waals surface area contributed by atoms with Crippen LogP contribution in [0.15, 0.2) is 18.2 Å². The third-order valence-electron chi connectivity index (χ3n) is 3.01. The lowest BCUT2D eigenvalue weighted by molar-refractivity contribution is -0.384. The second kappa shape index (κ2) is 5.02. The van der Waals surface area contributed by atoms with Crippen LogP contribution in [0.1, 0.15) is 24.8 Å². The lowest BCUT2D eigenvalue weighted by atomic mass is 10.2. The summed E-state index contributed by atoms with van der Waals surface area (Å²) >= 11 is 0. The number of nitro groups is 1. The molecule has 2 rings (SSSR count). The third kappa shape index (κ3) is 2.57. The summed E-state index contributed by atoms with van der Waals surface area (Å²) in [4.78, 5) is 10.1.